The van der Waals surface area contributed by atoms with Crippen LogP contribution in [0.2, 0.25) is 0 Å². The lowest BCUT2D eigenvalue weighted by atomic mass is 9.93. The first kappa shape index (κ1) is 52.6. The number of carboxylic acid groups (broad SMARTS) is 1. The second-order valence-electron chi connectivity index (χ2n) is 17.9. The Balaban J connectivity index is 1.36. The van der Waals surface area contributed by atoms with Crippen molar-refractivity contribution in [1.29, 1.82) is 0 Å². The molecule has 6 atom stereocenters. The molecule has 1 aromatic heterocycles. The summed E-state index contributed by atoms with van der Waals surface area (Å²) in [4.78, 5) is 73.4. The standard InChI is InChI=1S/C42H61N7O15S/c1-25(2)65-46(7)20-34(53)62-30(26-12-13-29(28(17-26)49(59)60)63-40-37(56)35(54)36(55)38(64-40)39(57)58)18-27-19-47(45-44-27)22-42(5,6)24-61-23-41(3,4)21-43-31(50)11-9-8-10-16-48-32(51)14-15-33(48)52/h12-15,17,19,25,30,35-38,40,54-56H,8-11,16,18,20-24H2,1-7H3,(H,43,50)(H,57,58). The monoisotopic (exact) mass is 935 g/mol. The number of aliphatic hydroxyl groups is 3. The van der Waals surface area contributed by atoms with Gasteiger partial charge >= 0.3 is 17.6 Å². The molecule has 3 amide bonds. The summed E-state index contributed by atoms with van der Waals surface area (Å²) < 4.78 is 26.0. The van der Waals surface area contributed by atoms with Gasteiger partial charge in [-0.3, -0.25) is 38.9 Å². The largest absolute Gasteiger partial charge is 0.479 e. The number of nitro benzene ring substituents is 1. The Hall–Kier alpha value is -5.04. The van der Waals surface area contributed by atoms with E-state index in [0.29, 0.717) is 64.2 Å². The highest BCUT2D eigenvalue weighted by Crippen LogP contribution is 2.35. The van der Waals surface area contributed by atoms with Gasteiger partial charge in [-0.2, -0.15) is 0 Å². The number of hydrogen-bond donors (Lipinski definition) is 5. The van der Waals surface area contributed by atoms with E-state index in [-0.39, 0.29) is 46.9 Å². The van der Waals surface area contributed by atoms with E-state index in [1.165, 1.54) is 35.1 Å². The first-order valence-corrected chi connectivity index (χ1v) is 22.0. The number of ether oxygens (including phenoxy) is 4. The average Bonchev–Trinajstić information content (AvgIpc) is 3.78. The van der Waals surface area contributed by atoms with Gasteiger partial charge in [-0.05, 0) is 31.5 Å². The van der Waals surface area contributed by atoms with E-state index in [0.717, 1.165) is 12.1 Å². The summed E-state index contributed by atoms with van der Waals surface area (Å²) in [7, 11) is 1.72. The zero-order valence-electron chi connectivity index (χ0n) is 37.7. The number of nitrogens with one attached hydrogen (secondary N) is 1. The van der Waals surface area contributed by atoms with Crippen LogP contribution in [0.25, 0.3) is 0 Å². The predicted octanol–water partition coefficient (Wildman–Crippen LogP) is 1.94. The van der Waals surface area contributed by atoms with Crippen LogP contribution in [-0.2, 0) is 51.1 Å². The minimum Gasteiger partial charge on any atom is -0.479 e. The number of carboxylic acids is 1. The van der Waals surface area contributed by atoms with E-state index in [4.69, 9.17) is 18.9 Å². The fraction of sp³-hybridized carbons (Fsp3) is 0.643. The molecular weight excluding hydrogens is 875 g/mol. The summed E-state index contributed by atoms with van der Waals surface area (Å²) in [6.07, 6.45) is -4.61. The van der Waals surface area contributed by atoms with Crippen molar-refractivity contribution in [3.8, 4) is 5.75 Å². The van der Waals surface area contributed by atoms with Crippen LogP contribution in [0.4, 0.5) is 5.69 Å². The van der Waals surface area contributed by atoms with Gasteiger partial charge in [0.2, 0.25) is 12.2 Å². The molecule has 0 saturated carbocycles. The molecule has 6 unspecified atom stereocenters. The van der Waals surface area contributed by atoms with Gasteiger partial charge in [-0.1, -0.05) is 71.2 Å². The smallest absolute Gasteiger partial charge is 0.335 e. The lowest BCUT2D eigenvalue weighted by Gasteiger charge is -2.38. The van der Waals surface area contributed by atoms with Gasteiger partial charge in [0, 0.05) is 73.0 Å². The van der Waals surface area contributed by atoms with Gasteiger partial charge in [0.05, 0.1) is 23.8 Å². The van der Waals surface area contributed by atoms with Crippen LogP contribution in [0.15, 0.2) is 36.5 Å². The zero-order valence-corrected chi connectivity index (χ0v) is 38.5. The Morgan fingerprint density at radius 1 is 1.02 bits per heavy atom. The van der Waals surface area contributed by atoms with Gasteiger partial charge in [0.25, 0.3) is 11.8 Å². The zero-order chi connectivity index (χ0) is 48.2. The van der Waals surface area contributed by atoms with E-state index in [1.807, 2.05) is 41.5 Å². The van der Waals surface area contributed by atoms with E-state index in [1.54, 1.807) is 22.2 Å². The van der Waals surface area contributed by atoms with E-state index in [2.05, 4.69) is 15.6 Å². The molecule has 65 heavy (non-hydrogen) atoms. The topological polar surface area (TPSA) is 296 Å². The number of aromatic nitrogens is 3. The number of aliphatic hydroxyl groups excluding tert-OH is 3. The van der Waals surface area contributed by atoms with Crippen LogP contribution < -0.4 is 10.1 Å². The number of hydrogen-bond acceptors (Lipinski definition) is 18. The lowest BCUT2D eigenvalue weighted by Crippen LogP contribution is -2.61. The number of aliphatic carboxylic acids is 1. The quantitative estimate of drug-likeness (QED) is 0.0225. The summed E-state index contributed by atoms with van der Waals surface area (Å²) in [6.45, 7) is 13.5. The maximum Gasteiger partial charge on any atom is 0.335 e. The van der Waals surface area contributed by atoms with Crippen LogP contribution in [0.1, 0.15) is 84.6 Å². The van der Waals surface area contributed by atoms with Gasteiger partial charge in [0.15, 0.2) is 11.9 Å². The number of unbranched alkanes of at least 4 members (excludes halogenated alkanes) is 2. The first-order valence-electron chi connectivity index (χ1n) is 21.2. The Kier molecular flexibility index (Phi) is 18.9. The van der Waals surface area contributed by atoms with Crippen LogP contribution in [0.3, 0.4) is 0 Å². The fourth-order valence-corrected chi connectivity index (χ4v) is 7.80. The molecule has 2 aliphatic rings. The second kappa shape index (κ2) is 23.4. The molecular formula is C42H61N7O15S. The predicted molar refractivity (Wildman–Crippen MR) is 232 cm³/mol. The Bertz CT molecular complexity index is 2010. The summed E-state index contributed by atoms with van der Waals surface area (Å²) in [5.41, 5.74) is -0.923. The summed E-state index contributed by atoms with van der Waals surface area (Å²) in [5, 5.41) is 64.1. The molecule has 1 aromatic carbocycles. The molecule has 360 valence electrons. The number of amides is 3. The van der Waals surface area contributed by atoms with Crippen LogP contribution in [-0.4, -0.2) is 155 Å². The third-order valence-corrected chi connectivity index (χ3v) is 11.0. The Morgan fingerprint density at radius 3 is 2.34 bits per heavy atom. The summed E-state index contributed by atoms with van der Waals surface area (Å²) >= 11 is 1.42. The Labute approximate surface area is 380 Å². The third-order valence-electron chi connectivity index (χ3n) is 10.1. The van der Waals surface area contributed by atoms with Crippen molar-refractivity contribution in [1.82, 2.24) is 29.5 Å². The van der Waals surface area contributed by atoms with E-state index < -0.39 is 70.5 Å². The highest BCUT2D eigenvalue weighted by Gasteiger charge is 2.48. The van der Waals surface area contributed by atoms with Crippen molar-refractivity contribution in [2.24, 2.45) is 10.8 Å². The number of nitro groups is 1. The van der Waals surface area contributed by atoms with Crippen LogP contribution in [0, 0.1) is 20.9 Å². The molecule has 0 radical (unpaired) electrons. The molecule has 1 saturated heterocycles. The van der Waals surface area contributed by atoms with Crippen LogP contribution >= 0.6 is 11.9 Å². The third kappa shape index (κ3) is 16.1. The minimum absolute atomic E-state index is 0.0475. The number of likely N-dealkylation sites (N-methyl/N-ethyl adjacent to an activating group) is 1. The molecule has 2 aliphatic heterocycles. The maximum atomic E-state index is 13.2. The van der Waals surface area contributed by atoms with Crippen molar-refractivity contribution in [2.75, 3.05) is 39.9 Å². The molecule has 0 bridgehead atoms. The highest BCUT2D eigenvalue weighted by atomic mass is 32.2. The van der Waals surface area contributed by atoms with Crippen LogP contribution in [0.5, 0.6) is 5.75 Å². The number of rotatable bonds is 26. The van der Waals surface area contributed by atoms with E-state index in [9.17, 15) is 54.5 Å². The number of carbonyl (C=O) groups is 5. The normalized spacial score (nSPS) is 20.7. The van der Waals surface area contributed by atoms with Crippen molar-refractivity contribution in [3.05, 3.63) is 57.9 Å². The Morgan fingerprint density at radius 2 is 1.69 bits per heavy atom. The van der Waals surface area contributed by atoms with Gasteiger partial charge in [-0.25, -0.2) is 9.10 Å². The number of benzene rings is 1. The van der Waals surface area contributed by atoms with E-state index >= 15 is 0 Å². The van der Waals surface area contributed by atoms with Crippen molar-refractivity contribution < 1.29 is 68.3 Å². The SMILES string of the molecule is CC(C)SN(C)CC(=O)OC(Cc1cn(CC(C)(C)COCC(C)(C)CNC(=O)CCCCCN2C(=O)C=CC2=O)nn1)c1ccc(OC2OC(C(=O)O)C(O)C(O)C2O)c([N+](=O)[O-])c1. The van der Waals surface area contributed by atoms with Gasteiger partial charge in [0.1, 0.15) is 31.0 Å². The first-order chi connectivity index (χ1) is 30.4. The average molecular weight is 936 g/mol. The molecule has 1 fully saturated rings. The van der Waals surface area contributed by atoms with Gasteiger partial charge in [-0.15, -0.1) is 5.10 Å². The van der Waals surface area contributed by atoms with Gasteiger partial charge < -0.3 is 44.7 Å². The molecule has 4 rings (SSSR count). The summed E-state index contributed by atoms with van der Waals surface area (Å²) in [6, 6.07) is 3.63. The number of carbonyl (C=O) groups excluding carboxylic acids is 4. The highest BCUT2D eigenvalue weighted by molar-refractivity contribution is 7.97. The van der Waals surface area contributed by atoms with Crippen molar-refractivity contribution in [2.45, 2.75) is 122 Å². The number of nitrogens with zero attached hydrogens (tertiary/aromatic N) is 6. The molecule has 3 heterocycles. The maximum absolute atomic E-state index is 13.2. The molecule has 22 nitrogen and oxygen atoms in total. The summed E-state index contributed by atoms with van der Waals surface area (Å²) in [5.74, 6) is -3.48. The lowest BCUT2D eigenvalue weighted by molar-refractivity contribution is -0.387. The number of imide groups is 1. The van der Waals surface area contributed by atoms with Crippen molar-refractivity contribution >= 4 is 47.3 Å². The molecule has 0 aliphatic carbocycles. The minimum atomic E-state index is -2.00. The fourth-order valence-electron chi connectivity index (χ4n) is 6.90. The molecule has 5 N–H and O–H groups in total. The molecule has 2 aromatic rings. The molecule has 0 spiro atoms. The number of esters is 1. The second-order valence-corrected chi connectivity index (χ2v) is 19.7. The molecule has 23 heteroatoms. The van der Waals surface area contributed by atoms with Crippen molar-refractivity contribution in [3.63, 3.8) is 0 Å².